The maximum Gasteiger partial charge on any atom is 0.121 e. The van der Waals surface area contributed by atoms with Gasteiger partial charge >= 0.3 is 0 Å². The van der Waals surface area contributed by atoms with Crippen LogP contribution in [0.1, 0.15) is 17.0 Å². The fraction of sp³-hybridized carbons (Fsp3) is 0.235. The van der Waals surface area contributed by atoms with E-state index in [1.807, 2.05) is 18.2 Å². The van der Waals surface area contributed by atoms with Gasteiger partial charge in [-0.25, -0.2) is 4.98 Å². The number of hydrogen-bond donors (Lipinski definition) is 1. The van der Waals surface area contributed by atoms with Crippen LogP contribution in [0.25, 0.3) is 11.0 Å². The number of methoxy groups -OCH3 is 1. The molecule has 0 spiro atoms. The second kappa shape index (κ2) is 5.37. The second-order valence-corrected chi connectivity index (χ2v) is 4.99. The lowest BCUT2D eigenvalue weighted by Crippen LogP contribution is -1.95. The minimum atomic E-state index is 0.853. The number of ether oxygens (including phenoxy) is 1. The lowest BCUT2D eigenvalue weighted by Gasteiger charge is -2.03. The number of aryl methyl sites for hydroxylation is 3. The van der Waals surface area contributed by atoms with Crippen LogP contribution in [0.4, 0.5) is 0 Å². The van der Waals surface area contributed by atoms with E-state index in [1.54, 1.807) is 7.11 Å². The topological polar surface area (TPSA) is 37.9 Å². The number of nitrogens with one attached hydrogen (secondary N) is 1. The monoisotopic (exact) mass is 266 g/mol. The second-order valence-electron chi connectivity index (χ2n) is 4.99. The molecule has 0 amide bonds. The first-order valence-corrected chi connectivity index (χ1v) is 6.83. The van der Waals surface area contributed by atoms with Crippen LogP contribution in [0, 0.1) is 6.92 Å². The van der Waals surface area contributed by atoms with Gasteiger partial charge in [-0.3, -0.25) is 0 Å². The minimum Gasteiger partial charge on any atom is -0.497 e. The molecule has 0 bridgehead atoms. The summed E-state index contributed by atoms with van der Waals surface area (Å²) in [6.07, 6.45) is 1.92. The van der Waals surface area contributed by atoms with Gasteiger partial charge in [0.05, 0.1) is 18.1 Å². The lowest BCUT2D eigenvalue weighted by atomic mass is 10.0. The summed E-state index contributed by atoms with van der Waals surface area (Å²) in [7, 11) is 1.68. The number of aromatic amines is 1. The maximum absolute atomic E-state index is 5.23. The van der Waals surface area contributed by atoms with Gasteiger partial charge in [0, 0.05) is 12.5 Å². The highest BCUT2D eigenvalue weighted by Gasteiger charge is 2.05. The molecule has 0 unspecified atom stereocenters. The normalized spacial score (nSPS) is 10.9. The molecular weight excluding hydrogens is 248 g/mol. The van der Waals surface area contributed by atoms with Gasteiger partial charge in [-0.05, 0) is 36.6 Å². The first kappa shape index (κ1) is 12.7. The van der Waals surface area contributed by atoms with Gasteiger partial charge in [0.25, 0.3) is 0 Å². The third-order valence-electron chi connectivity index (χ3n) is 3.63. The van der Waals surface area contributed by atoms with E-state index in [-0.39, 0.29) is 0 Å². The molecule has 1 N–H and O–H groups in total. The molecule has 20 heavy (non-hydrogen) atoms. The zero-order valence-corrected chi connectivity index (χ0v) is 11.8. The highest BCUT2D eigenvalue weighted by molar-refractivity contribution is 5.76. The van der Waals surface area contributed by atoms with E-state index >= 15 is 0 Å². The number of aromatic nitrogens is 2. The van der Waals surface area contributed by atoms with Crippen molar-refractivity contribution in [3.63, 3.8) is 0 Å². The van der Waals surface area contributed by atoms with Crippen molar-refractivity contribution < 1.29 is 4.74 Å². The third-order valence-corrected chi connectivity index (χ3v) is 3.63. The summed E-state index contributed by atoms with van der Waals surface area (Å²) >= 11 is 0. The number of hydrogen-bond acceptors (Lipinski definition) is 2. The molecule has 2 aromatic carbocycles. The first-order chi connectivity index (χ1) is 9.76. The van der Waals surface area contributed by atoms with E-state index < -0.39 is 0 Å². The minimum absolute atomic E-state index is 0.853. The Morgan fingerprint density at radius 3 is 2.75 bits per heavy atom. The Balaban J connectivity index is 1.79. The molecule has 102 valence electrons. The quantitative estimate of drug-likeness (QED) is 0.782. The zero-order chi connectivity index (χ0) is 13.9. The van der Waals surface area contributed by atoms with Crippen molar-refractivity contribution in [1.82, 2.24) is 9.97 Å². The molecule has 0 fully saturated rings. The Hall–Kier alpha value is -2.29. The molecule has 3 rings (SSSR count). The van der Waals surface area contributed by atoms with Gasteiger partial charge in [-0.15, -0.1) is 0 Å². The summed E-state index contributed by atoms with van der Waals surface area (Å²) in [6.45, 7) is 2.15. The van der Waals surface area contributed by atoms with Gasteiger partial charge in [-0.1, -0.05) is 24.3 Å². The van der Waals surface area contributed by atoms with Crippen molar-refractivity contribution in [3.05, 3.63) is 59.4 Å². The molecule has 0 saturated carbocycles. The van der Waals surface area contributed by atoms with Gasteiger partial charge in [0.1, 0.15) is 11.6 Å². The van der Waals surface area contributed by atoms with E-state index in [4.69, 9.17) is 4.74 Å². The molecule has 0 saturated heterocycles. The van der Waals surface area contributed by atoms with Crippen LogP contribution in [0.3, 0.4) is 0 Å². The van der Waals surface area contributed by atoms with Crippen molar-refractivity contribution in [1.29, 1.82) is 0 Å². The maximum atomic E-state index is 5.23. The standard InChI is InChI=1S/C17H18N2O/c1-12-5-3-4-6-13(12)7-10-17-18-15-9-8-14(20-2)11-16(15)19-17/h3-6,8-9,11H,7,10H2,1-2H3,(H,18,19). The van der Waals surface area contributed by atoms with E-state index in [9.17, 15) is 0 Å². The molecule has 1 heterocycles. The largest absolute Gasteiger partial charge is 0.497 e. The summed E-state index contributed by atoms with van der Waals surface area (Å²) in [4.78, 5) is 7.99. The molecular formula is C17H18N2O. The smallest absolute Gasteiger partial charge is 0.121 e. The van der Waals surface area contributed by atoms with Crippen molar-refractivity contribution in [2.75, 3.05) is 7.11 Å². The van der Waals surface area contributed by atoms with Crippen molar-refractivity contribution in [2.45, 2.75) is 19.8 Å². The SMILES string of the molecule is COc1ccc2nc(CCc3ccccc3C)[nH]c2c1. The summed E-state index contributed by atoms with van der Waals surface area (Å²) in [5, 5.41) is 0. The van der Waals surface area contributed by atoms with Crippen LogP contribution in [0.5, 0.6) is 5.75 Å². The van der Waals surface area contributed by atoms with Gasteiger partial charge in [-0.2, -0.15) is 0 Å². The Kier molecular flexibility index (Phi) is 3.42. The van der Waals surface area contributed by atoms with Crippen molar-refractivity contribution in [2.24, 2.45) is 0 Å². The molecule has 0 aliphatic carbocycles. The molecule has 1 aromatic heterocycles. The van der Waals surface area contributed by atoms with Crippen LogP contribution in [-0.2, 0) is 12.8 Å². The number of imidazole rings is 1. The van der Waals surface area contributed by atoms with E-state index in [0.29, 0.717) is 0 Å². The average molecular weight is 266 g/mol. The van der Waals surface area contributed by atoms with Crippen LogP contribution < -0.4 is 4.74 Å². The third kappa shape index (κ3) is 2.52. The van der Waals surface area contributed by atoms with Crippen LogP contribution in [-0.4, -0.2) is 17.1 Å². The van der Waals surface area contributed by atoms with Crippen molar-refractivity contribution in [3.8, 4) is 5.75 Å². The van der Waals surface area contributed by atoms with Crippen LogP contribution >= 0.6 is 0 Å². The summed E-state index contributed by atoms with van der Waals surface area (Å²) in [5.41, 5.74) is 4.74. The Labute approximate surface area is 118 Å². The molecule has 0 atom stereocenters. The number of benzene rings is 2. The molecule has 0 aliphatic rings. The number of rotatable bonds is 4. The summed E-state index contributed by atoms with van der Waals surface area (Å²) in [6, 6.07) is 14.4. The van der Waals surface area contributed by atoms with E-state index in [2.05, 4.69) is 41.2 Å². The summed E-state index contributed by atoms with van der Waals surface area (Å²) < 4.78 is 5.23. The van der Waals surface area contributed by atoms with Crippen LogP contribution in [0.2, 0.25) is 0 Å². The van der Waals surface area contributed by atoms with E-state index in [0.717, 1.165) is 35.4 Å². The number of fused-ring (bicyclic) bond motifs is 1. The highest BCUT2D eigenvalue weighted by Crippen LogP contribution is 2.19. The Bertz CT molecular complexity index is 731. The average Bonchev–Trinajstić information content (AvgIpc) is 2.88. The number of H-pyrrole nitrogens is 1. The molecule has 3 nitrogen and oxygen atoms in total. The van der Waals surface area contributed by atoms with Gasteiger partial charge < -0.3 is 9.72 Å². The van der Waals surface area contributed by atoms with E-state index in [1.165, 1.54) is 11.1 Å². The fourth-order valence-electron chi connectivity index (χ4n) is 2.43. The predicted molar refractivity (Wildman–Crippen MR) is 81.2 cm³/mol. The molecule has 3 heteroatoms. The van der Waals surface area contributed by atoms with Crippen molar-refractivity contribution >= 4 is 11.0 Å². The Morgan fingerprint density at radius 2 is 1.95 bits per heavy atom. The molecule has 0 aliphatic heterocycles. The highest BCUT2D eigenvalue weighted by atomic mass is 16.5. The first-order valence-electron chi connectivity index (χ1n) is 6.83. The predicted octanol–water partition coefficient (Wildman–Crippen LogP) is 3.67. The molecule has 3 aromatic rings. The zero-order valence-electron chi connectivity index (χ0n) is 11.8. The molecule has 0 radical (unpaired) electrons. The van der Waals surface area contributed by atoms with Crippen LogP contribution in [0.15, 0.2) is 42.5 Å². The van der Waals surface area contributed by atoms with Gasteiger partial charge in [0.15, 0.2) is 0 Å². The number of nitrogens with zero attached hydrogens (tertiary/aromatic N) is 1. The summed E-state index contributed by atoms with van der Waals surface area (Å²) in [5.74, 6) is 1.88. The Morgan fingerprint density at radius 1 is 1.10 bits per heavy atom. The fourth-order valence-corrected chi connectivity index (χ4v) is 2.43. The lowest BCUT2D eigenvalue weighted by molar-refractivity contribution is 0.415. The van der Waals surface area contributed by atoms with Gasteiger partial charge in [0.2, 0.25) is 0 Å².